The molecule has 10 heteroatoms. The molecule has 0 bridgehead atoms. The number of hydrogen-bond acceptors (Lipinski definition) is 5. The van der Waals surface area contributed by atoms with Gasteiger partial charge in [-0.05, 0) is 66.6 Å². The molecule has 0 aliphatic heterocycles. The highest BCUT2D eigenvalue weighted by molar-refractivity contribution is 7.89. The first kappa shape index (κ1) is 26.2. The highest BCUT2D eigenvalue weighted by atomic mass is 35.5. The number of aliphatic carboxylic acids is 1. The molecule has 0 aliphatic rings. The first-order valence-corrected chi connectivity index (χ1v) is 13.2. The molecule has 4 aromatic rings. The van der Waals surface area contributed by atoms with Gasteiger partial charge in [-0.15, -0.1) is 5.92 Å². The second-order valence-electron chi connectivity index (χ2n) is 8.21. The Kier molecular flexibility index (Phi) is 8.14. The smallest absolute Gasteiger partial charge is 0.322 e. The molecule has 4 rings (SSSR count). The minimum absolute atomic E-state index is 0.0743. The van der Waals surface area contributed by atoms with E-state index in [0.29, 0.717) is 22.9 Å². The van der Waals surface area contributed by atoms with Gasteiger partial charge in [0.25, 0.3) is 0 Å². The van der Waals surface area contributed by atoms with Crippen molar-refractivity contribution in [3.8, 4) is 17.6 Å². The molecule has 2 heterocycles. The largest absolute Gasteiger partial charge is 0.481 e. The van der Waals surface area contributed by atoms with Crippen molar-refractivity contribution in [1.29, 1.82) is 0 Å². The normalized spacial score (nSPS) is 12.1. The molecule has 2 N–H and O–H groups in total. The van der Waals surface area contributed by atoms with Gasteiger partial charge in [0.2, 0.25) is 10.0 Å². The number of rotatable bonds is 10. The van der Waals surface area contributed by atoms with Gasteiger partial charge in [0.15, 0.2) is 0 Å². The van der Waals surface area contributed by atoms with Crippen molar-refractivity contribution in [2.45, 2.75) is 30.8 Å². The van der Waals surface area contributed by atoms with Gasteiger partial charge < -0.3 is 14.4 Å². The fourth-order valence-corrected chi connectivity index (χ4v) is 5.25. The zero-order valence-corrected chi connectivity index (χ0v) is 21.5. The van der Waals surface area contributed by atoms with Crippen LogP contribution in [-0.2, 0) is 27.8 Å². The molecule has 0 fully saturated rings. The fourth-order valence-electron chi connectivity index (χ4n) is 3.89. The maximum absolute atomic E-state index is 13.0. The summed E-state index contributed by atoms with van der Waals surface area (Å²) in [5, 5.41) is 11.1. The maximum Gasteiger partial charge on any atom is 0.322 e. The van der Waals surface area contributed by atoms with E-state index in [1.807, 2.05) is 29.0 Å². The zero-order valence-electron chi connectivity index (χ0n) is 19.9. The molecule has 2 aromatic carbocycles. The summed E-state index contributed by atoms with van der Waals surface area (Å²) < 4.78 is 35.7. The van der Waals surface area contributed by atoms with Crippen LogP contribution in [0.15, 0.2) is 78.1 Å². The van der Waals surface area contributed by atoms with Gasteiger partial charge in [0, 0.05) is 47.5 Å². The maximum atomic E-state index is 13.0. The molecule has 0 amide bonds. The van der Waals surface area contributed by atoms with E-state index in [1.54, 1.807) is 31.5 Å². The summed E-state index contributed by atoms with van der Waals surface area (Å²) >= 11 is 6.23. The molecule has 0 unspecified atom stereocenters. The number of sulfonamides is 1. The van der Waals surface area contributed by atoms with E-state index >= 15 is 0 Å². The van der Waals surface area contributed by atoms with E-state index in [9.17, 15) is 18.3 Å². The topological polar surface area (TPSA) is 111 Å². The van der Waals surface area contributed by atoms with E-state index in [4.69, 9.17) is 16.3 Å². The van der Waals surface area contributed by atoms with E-state index in [0.717, 1.165) is 16.5 Å². The minimum Gasteiger partial charge on any atom is -0.481 e. The van der Waals surface area contributed by atoms with Crippen LogP contribution in [0.25, 0.3) is 10.9 Å². The molecule has 0 radical (unpaired) electrons. The fraction of sp³-hybridized carbons (Fsp3) is 0.185. The summed E-state index contributed by atoms with van der Waals surface area (Å²) in [6.45, 7) is 2.38. The average molecular weight is 538 g/mol. The first-order chi connectivity index (χ1) is 17.8. The molecule has 0 aliphatic carbocycles. The lowest BCUT2D eigenvalue weighted by Gasteiger charge is -2.15. The summed E-state index contributed by atoms with van der Waals surface area (Å²) in [5.74, 6) is 4.62. The highest BCUT2D eigenvalue weighted by Gasteiger charge is 2.27. The number of carbonyl (C=O) groups is 1. The number of hydrogen-bond donors (Lipinski definition) is 2. The van der Waals surface area contributed by atoms with Crippen LogP contribution in [0.5, 0.6) is 5.75 Å². The third kappa shape index (κ3) is 6.49. The van der Waals surface area contributed by atoms with Gasteiger partial charge >= 0.3 is 5.97 Å². The van der Waals surface area contributed by atoms with Gasteiger partial charge in [-0.25, -0.2) is 8.42 Å². The number of benzene rings is 2. The number of ether oxygens (including phenoxy) is 1. The van der Waals surface area contributed by atoms with Crippen molar-refractivity contribution in [1.82, 2.24) is 14.3 Å². The van der Waals surface area contributed by atoms with Gasteiger partial charge in [0.05, 0.1) is 4.90 Å². The average Bonchev–Trinajstić information content (AvgIpc) is 3.20. The van der Waals surface area contributed by atoms with Crippen LogP contribution < -0.4 is 9.46 Å². The molecule has 0 saturated heterocycles. The standard InChI is InChI=1S/C27H24ClN3O5S/c1-2-3-13-36-22-7-9-23(10-8-22)37(34,35)30-25(27(32)33)14-20-18-31(17-19-5-4-12-29-16-19)26-11-6-21(28)15-24(20)26/h4-12,15-16,18,25,30H,13-14,17H2,1H3,(H,32,33)/t25-/m0/s1. The SMILES string of the molecule is CC#CCOc1ccc(S(=O)(=O)N[C@@H](Cc2cn(Cc3cccnc3)c3ccc(Cl)cc23)C(=O)O)cc1. The molecule has 8 nitrogen and oxygen atoms in total. The first-order valence-electron chi connectivity index (χ1n) is 11.3. The number of nitrogens with zero attached hydrogens (tertiary/aromatic N) is 2. The Hall–Kier alpha value is -3.84. The highest BCUT2D eigenvalue weighted by Crippen LogP contribution is 2.27. The third-order valence-corrected chi connectivity index (χ3v) is 7.37. The Balaban J connectivity index is 1.59. The van der Waals surface area contributed by atoms with Crippen molar-refractivity contribution in [3.63, 3.8) is 0 Å². The second kappa shape index (κ2) is 11.5. The van der Waals surface area contributed by atoms with E-state index in [2.05, 4.69) is 21.5 Å². The minimum atomic E-state index is -4.13. The van der Waals surface area contributed by atoms with Crippen LogP contribution in [-0.4, -0.2) is 41.7 Å². The van der Waals surface area contributed by atoms with Gasteiger partial charge in [-0.2, -0.15) is 4.72 Å². The summed E-state index contributed by atoms with van der Waals surface area (Å²) in [6, 6.07) is 13.4. The van der Waals surface area contributed by atoms with Gasteiger partial charge in [0.1, 0.15) is 18.4 Å². The molecule has 37 heavy (non-hydrogen) atoms. The van der Waals surface area contributed by atoms with E-state index in [1.165, 1.54) is 24.3 Å². The van der Waals surface area contributed by atoms with Crippen LogP contribution in [0.2, 0.25) is 5.02 Å². The number of fused-ring (bicyclic) bond motifs is 1. The summed E-state index contributed by atoms with van der Waals surface area (Å²) in [4.78, 5) is 16.2. The molecular formula is C27H24ClN3O5S. The zero-order chi connectivity index (χ0) is 26.4. The van der Waals surface area contributed by atoms with Crippen LogP contribution in [0.4, 0.5) is 0 Å². The van der Waals surface area contributed by atoms with Gasteiger partial charge in [-0.3, -0.25) is 9.78 Å². The lowest BCUT2D eigenvalue weighted by Crippen LogP contribution is -2.42. The number of nitrogens with one attached hydrogen (secondary N) is 1. The van der Waals surface area contributed by atoms with Crippen molar-refractivity contribution in [2.24, 2.45) is 0 Å². The Labute approximate surface area is 219 Å². The van der Waals surface area contributed by atoms with E-state index in [-0.39, 0.29) is 17.9 Å². The Bertz CT molecular complexity index is 1570. The lowest BCUT2D eigenvalue weighted by molar-refractivity contribution is -0.138. The van der Waals surface area contributed by atoms with Crippen LogP contribution in [0.1, 0.15) is 18.1 Å². The lowest BCUT2D eigenvalue weighted by atomic mass is 10.1. The third-order valence-electron chi connectivity index (χ3n) is 5.64. The number of halogens is 1. The van der Waals surface area contributed by atoms with Crippen molar-refractivity contribution in [3.05, 3.63) is 89.3 Å². The van der Waals surface area contributed by atoms with Gasteiger partial charge in [-0.1, -0.05) is 23.6 Å². The van der Waals surface area contributed by atoms with Crippen LogP contribution in [0.3, 0.4) is 0 Å². The quantitative estimate of drug-likeness (QED) is 0.294. The summed E-state index contributed by atoms with van der Waals surface area (Å²) in [7, 11) is -4.13. The summed E-state index contributed by atoms with van der Waals surface area (Å²) in [5.41, 5.74) is 2.46. The molecule has 2 aromatic heterocycles. The monoisotopic (exact) mass is 537 g/mol. The summed E-state index contributed by atoms with van der Waals surface area (Å²) in [6.07, 6.45) is 5.18. The predicted octanol–water partition coefficient (Wildman–Crippen LogP) is 4.11. The Morgan fingerprint density at radius 3 is 2.68 bits per heavy atom. The van der Waals surface area contributed by atoms with Crippen molar-refractivity contribution < 1.29 is 23.1 Å². The molecule has 190 valence electrons. The molecule has 0 saturated carbocycles. The molecule has 0 spiro atoms. The second-order valence-corrected chi connectivity index (χ2v) is 10.4. The number of aromatic nitrogens is 2. The Morgan fingerprint density at radius 1 is 1.22 bits per heavy atom. The molecular weight excluding hydrogens is 514 g/mol. The van der Waals surface area contributed by atoms with Crippen molar-refractivity contribution in [2.75, 3.05) is 6.61 Å². The number of carboxylic acids is 1. The van der Waals surface area contributed by atoms with Crippen LogP contribution >= 0.6 is 11.6 Å². The molecule has 1 atom stereocenters. The predicted molar refractivity (Wildman–Crippen MR) is 141 cm³/mol. The Morgan fingerprint density at radius 2 is 2.00 bits per heavy atom. The van der Waals surface area contributed by atoms with Crippen molar-refractivity contribution >= 4 is 38.5 Å². The number of carboxylic acid groups (broad SMARTS) is 1. The van der Waals surface area contributed by atoms with E-state index < -0.39 is 22.0 Å². The number of pyridine rings is 1. The van der Waals surface area contributed by atoms with Crippen LogP contribution in [0, 0.1) is 11.8 Å².